The van der Waals surface area contributed by atoms with Crippen molar-refractivity contribution >= 4 is 28.6 Å². The van der Waals surface area contributed by atoms with Gasteiger partial charge in [-0.05, 0) is 19.1 Å². The number of alkyl halides is 3. The van der Waals surface area contributed by atoms with Gasteiger partial charge in [0.1, 0.15) is 12.0 Å². The number of allylic oxidation sites excluding steroid dienone is 1. The van der Waals surface area contributed by atoms with Crippen LogP contribution in [0.5, 0.6) is 0 Å². The van der Waals surface area contributed by atoms with Gasteiger partial charge in [-0.15, -0.1) is 0 Å². The Hall–Kier alpha value is -3.69. The number of hydrogen-bond acceptors (Lipinski definition) is 5. The predicted molar refractivity (Wildman–Crippen MR) is 99.1 cm³/mol. The molecule has 2 N–H and O–H groups in total. The summed E-state index contributed by atoms with van der Waals surface area (Å²) in [7, 11) is 0. The number of amides is 1. The van der Waals surface area contributed by atoms with Gasteiger partial charge in [0.05, 0.1) is 23.3 Å². The van der Waals surface area contributed by atoms with Crippen molar-refractivity contribution in [3.63, 3.8) is 0 Å². The number of anilines is 1. The van der Waals surface area contributed by atoms with Crippen LogP contribution >= 0.6 is 0 Å². The highest BCUT2D eigenvalue weighted by atomic mass is 19.4. The van der Waals surface area contributed by atoms with Crippen molar-refractivity contribution in [2.45, 2.75) is 13.1 Å². The highest BCUT2D eigenvalue weighted by Crippen LogP contribution is 2.30. The number of carbonyl (C=O) groups excluding carboxylic acids is 2. The summed E-state index contributed by atoms with van der Waals surface area (Å²) in [5, 5.41) is 2.79. The zero-order chi connectivity index (χ0) is 21.0. The molecule has 0 aliphatic rings. The van der Waals surface area contributed by atoms with E-state index in [4.69, 9.17) is 4.74 Å². The van der Waals surface area contributed by atoms with Gasteiger partial charge in [-0.2, -0.15) is 13.2 Å². The van der Waals surface area contributed by atoms with E-state index in [2.05, 4.69) is 20.3 Å². The summed E-state index contributed by atoms with van der Waals surface area (Å²) in [4.78, 5) is 35.1. The summed E-state index contributed by atoms with van der Waals surface area (Å²) >= 11 is 0. The van der Waals surface area contributed by atoms with Gasteiger partial charge in [0, 0.05) is 29.6 Å². The predicted octanol–water partition coefficient (Wildman–Crippen LogP) is 3.86. The van der Waals surface area contributed by atoms with E-state index in [0.29, 0.717) is 28.4 Å². The summed E-state index contributed by atoms with van der Waals surface area (Å²) in [5.74, 6) is -1.47. The Morgan fingerprint density at radius 1 is 1.28 bits per heavy atom. The average Bonchev–Trinajstić information content (AvgIpc) is 3.11. The number of nitrogens with zero attached hydrogens (tertiary/aromatic N) is 2. The molecule has 0 bridgehead atoms. The first-order valence-corrected chi connectivity index (χ1v) is 8.45. The molecule has 0 atom stereocenters. The number of halogens is 3. The minimum absolute atomic E-state index is 0.147. The zero-order valence-corrected chi connectivity index (χ0v) is 15.1. The number of rotatable bonds is 5. The summed E-state index contributed by atoms with van der Waals surface area (Å²) < 4.78 is 41.6. The normalized spacial score (nSPS) is 11.7. The van der Waals surface area contributed by atoms with Gasteiger partial charge >= 0.3 is 12.1 Å². The third-order valence-corrected chi connectivity index (χ3v) is 3.79. The van der Waals surface area contributed by atoms with E-state index in [1.54, 1.807) is 19.1 Å². The Morgan fingerprint density at radius 3 is 2.79 bits per heavy atom. The van der Waals surface area contributed by atoms with Gasteiger partial charge in [-0.3, -0.25) is 4.79 Å². The van der Waals surface area contributed by atoms with Crippen LogP contribution in [0.3, 0.4) is 0 Å². The van der Waals surface area contributed by atoms with Gasteiger partial charge in [0.25, 0.3) is 0 Å². The molecule has 7 nitrogen and oxygen atoms in total. The fraction of sp³-hybridized carbons (Fsp3) is 0.158. The van der Waals surface area contributed by atoms with Crippen LogP contribution in [0.15, 0.2) is 48.9 Å². The van der Waals surface area contributed by atoms with Crippen molar-refractivity contribution in [1.82, 2.24) is 15.0 Å². The van der Waals surface area contributed by atoms with Gasteiger partial charge < -0.3 is 15.0 Å². The van der Waals surface area contributed by atoms with Crippen LogP contribution in [-0.4, -0.2) is 39.6 Å². The number of ether oxygens (including phenoxy) is 1. The highest BCUT2D eigenvalue weighted by molar-refractivity contribution is 6.08. The molecule has 0 fully saturated rings. The molecule has 2 heterocycles. The van der Waals surface area contributed by atoms with Gasteiger partial charge in [-0.25, -0.2) is 14.8 Å². The summed E-state index contributed by atoms with van der Waals surface area (Å²) in [6.07, 6.45) is -1.55. The van der Waals surface area contributed by atoms with E-state index in [1.807, 2.05) is 0 Å². The first-order chi connectivity index (χ1) is 13.8. The number of fused-ring (bicyclic) bond motifs is 1. The van der Waals surface area contributed by atoms with E-state index in [-0.39, 0.29) is 23.9 Å². The Kier molecular flexibility index (Phi) is 5.62. The number of aromatic nitrogens is 3. The lowest BCUT2D eigenvalue weighted by atomic mass is 10.1. The van der Waals surface area contributed by atoms with Crippen LogP contribution in [0, 0.1) is 0 Å². The molecule has 2 aromatic heterocycles. The molecule has 0 spiro atoms. The Labute approximate surface area is 162 Å². The molecule has 0 unspecified atom stereocenters. The lowest BCUT2D eigenvalue weighted by Gasteiger charge is -2.08. The minimum atomic E-state index is -4.58. The van der Waals surface area contributed by atoms with E-state index in [1.165, 1.54) is 24.7 Å². The number of esters is 1. The molecule has 0 saturated carbocycles. The maximum atomic E-state index is 12.2. The van der Waals surface area contributed by atoms with Crippen molar-refractivity contribution in [2.75, 3.05) is 11.9 Å². The summed E-state index contributed by atoms with van der Waals surface area (Å²) in [6.45, 7) is 1.88. The monoisotopic (exact) mass is 404 g/mol. The van der Waals surface area contributed by atoms with Crippen molar-refractivity contribution < 1.29 is 27.5 Å². The van der Waals surface area contributed by atoms with Crippen molar-refractivity contribution in [2.24, 2.45) is 0 Å². The number of carbonyl (C=O) groups is 2. The first-order valence-electron chi connectivity index (χ1n) is 8.45. The van der Waals surface area contributed by atoms with Gasteiger partial charge in [0.15, 0.2) is 0 Å². The van der Waals surface area contributed by atoms with Gasteiger partial charge in [0.2, 0.25) is 5.91 Å². The topological polar surface area (TPSA) is 97.0 Å². The van der Waals surface area contributed by atoms with Crippen molar-refractivity contribution in [3.05, 3.63) is 54.5 Å². The molecule has 1 aromatic carbocycles. The SMILES string of the molecule is CCOC(=O)c1c[nH]c2ncnc(-c3cccc(NC(=O)C=CC(F)(F)F)c3)c12. The second-order valence-corrected chi connectivity index (χ2v) is 5.81. The maximum Gasteiger partial charge on any atom is 0.409 e. The van der Waals surface area contributed by atoms with Crippen molar-refractivity contribution in [1.29, 1.82) is 0 Å². The molecule has 29 heavy (non-hydrogen) atoms. The second-order valence-electron chi connectivity index (χ2n) is 5.81. The van der Waals surface area contributed by atoms with E-state index < -0.39 is 18.1 Å². The molecule has 10 heteroatoms. The molecule has 150 valence electrons. The standard InChI is InChI=1S/C19H15F3N4O3/c1-2-29-18(28)13-9-23-17-15(13)16(24-10-25-17)11-4-3-5-12(8-11)26-14(27)6-7-19(20,21)22/h3-10H,2H2,1H3,(H,26,27)(H,23,24,25). The van der Waals surface area contributed by atoms with E-state index in [9.17, 15) is 22.8 Å². The van der Waals surface area contributed by atoms with E-state index >= 15 is 0 Å². The molecule has 0 saturated heterocycles. The smallest absolute Gasteiger partial charge is 0.409 e. The summed E-state index contributed by atoms with van der Waals surface area (Å²) in [6, 6.07) is 6.33. The number of nitrogens with one attached hydrogen (secondary N) is 2. The molecule has 0 aliphatic heterocycles. The third kappa shape index (κ3) is 4.78. The Balaban J connectivity index is 1.96. The molecule has 0 aliphatic carbocycles. The number of aromatic amines is 1. The zero-order valence-electron chi connectivity index (χ0n) is 15.1. The van der Waals surface area contributed by atoms with Crippen LogP contribution in [0.4, 0.5) is 18.9 Å². The van der Waals surface area contributed by atoms with Crippen LogP contribution in [-0.2, 0) is 9.53 Å². The number of H-pyrrole nitrogens is 1. The molecular formula is C19H15F3N4O3. The number of benzene rings is 1. The Morgan fingerprint density at radius 2 is 2.07 bits per heavy atom. The lowest BCUT2D eigenvalue weighted by Crippen LogP contribution is -2.10. The molecule has 0 radical (unpaired) electrons. The van der Waals surface area contributed by atoms with E-state index in [0.717, 1.165) is 0 Å². The van der Waals surface area contributed by atoms with Crippen molar-refractivity contribution in [3.8, 4) is 11.3 Å². The molecule has 3 aromatic rings. The first kappa shape index (κ1) is 20.1. The largest absolute Gasteiger partial charge is 0.462 e. The fourth-order valence-electron chi connectivity index (χ4n) is 2.65. The van der Waals surface area contributed by atoms with Crippen LogP contribution in [0.1, 0.15) is 17.3 Å². The molecule has 3 rings (SSSR count). The summed E-state index contributed by atoms with van der Waals surface area (Å²) in [5.41, 5.74) is 1.86. The number of hydrogen-bond donors (Lipinski definition) is 2. The quantitative estimate of drug-likeness (QED) is 0.497. The maximum absolute atomic E-state index is 12.2. The molecular weight excluding hydrogens is 389 g/mol. The van der Waals surface area contributed by atoms with Crippen LogP contribution in [0.25, 0.3) is 22.3 Å². The Bertz CT molecular complexity index is 1090. The molecule has 1 amide bonds. The van der Waals surface area contributed by atoms with Gasteiger partial charge in [-0.1, -0.05) is 12.1 Å². The third-order valence-electron chi connectivity index (χ3n) is 3.79. The fourth-order valence-corrected chi connectivity index (χ4v) is 2.65. The van der Waals surface area contributed by atoms with Crippen LogP contribution in [0.2, 0.25) is 0 Å². The lowest BCUT2D eigenvalue weighted by molar-refractivity contribution is -0.112. The van der Waals surface area contributed by atoms with Crippen LogP contribution < -0.4 is 5.32 Å². The average molecular weight is 404 g/mol. The minimum Gasteiger partial charge on any atom is -0.462 e. The highest BCUT2D eigenvalue weighted by Gasteiger charge is 2.22. The second kappa shape index (κ2) is 8.13.